The van der Waals surface area contributed by atoms with Crippen molar-refractivity contribution in [1.82, 2.24) is 30.2 Å². The van der Waals surface area contributed by atoms with Gasteiger partial charge in [0.25, 0.3) is 0 Å². The lowest BCUT2D eigenvalue weighted by molar-refractivity contribution is -0.0289. The predicted octanol–water partition coefficient (Wildman–Crippen LogP) is -1.59. The number of nitrogens with one attached hydrogen (secondary N) is 2. The summed E-state index contributed by atoms with van der Waals surface area (Å²) in [4.78, 5) is 16.1. The number of aliphatic imine (C=N–C) groups is 1. The van der Waals surface area contributed by atoms with Crippen LogP contribution >= 0.6 is 11.8 Å². The van der Waals surface area contributed by atoms with Crippen LogP contribution in [0.25, 0.3) is 11.2 Å². The molecule has 4 unspecified atom stereocenters. The summed E-state index contributed by atoms with van der Waals surface area (Å²) in [6, 6.07) is 0. The average Bonchev–Trinajstić information content (AvgIpc) is 3.24. The van der Waals surface area contributed by atoms with Crippen LogP contribution in [0.3, 0.4) is 0 Å². The highest BCUT2D eigenvalue weighted by Crippen LogP contribution is 2.33. The molecule has 0 bridgehead atoms. The Labute approximate surface area is 164 Å². The first-order chi connectivity index (χ1) is 13.6. The zero-order valence-corrected chi connectivity index (χ0v) is 15.9. The number of ether oxygens (including phenoxy) is 1. The van der Waals surface area contributed by atoms with Gasteiger partial charge in [0.1, 0.15) is 24.1 Å². The number of anilines is 1. The zero-order chi connectivity index (χ0) is 20.1. The lowest BCUT2D eigenvalue weighted by atomic mass is 10.1. The second kappa shape index (κ2) is 9.02. The van der Waals surface area contributed by atoms with Crippen molar-refractivity contribution in [1.29, 1.82) is 5.26 Å². The van der Waals surface area contributed by atoms with Crippen LogP contribution in [0.2, 0.25) is 0 Å². The summed E-state index contributed by atoms with van der Waals surface area (Å²) in [6.45, 7) is 0.573. The summed E-state index contributed by atoms with van der Waals surface area (Å²) in [5.41, 5.74) is 6.62. The van der Waals surface area contributed by atoms with E-state index in [1.165, 1.54) is 24.4 Å². The van der Waals surface area contributed by atoms with Crippen molar-refractivity contribution >= 4 is 34.7 Å². The molecule has 0 radical (unpaired) electrons. The quantitative estimate of drug-likeness (QED) is 0.122. The highest BCUT2D eigenvalue weighted by Gasteiger charge is 2.44. The number of aromatic nitrogens is 4. The van der Waals surface area contributed by atoms with E-state index in [1.807, 2.05) is 0 Å². The molecule has 1 fully saturated rings. The van der Waals surface area contributed by atoms with Crippen molar-refractivity contribution in [2.75, 3.05) is 30.8 Å². The van der Waals surface area contributed by atoms with Gasteiger partial charge in [0.2, 0.25) is 5.96 Å². The molecule has 0 aliphatic carbocycles. The molecule has 2 aromatic rings. The second-order valence-corrected chi connectivity index (χ2v) is 7.09. The van der Waals surface area contributed by atoms with Crippen molar-refractivity contribution in [3.63, 3.8) is 0 Å². The maximum atomic E-state index is 10.4. The van der Waals surface area contributed by atoms with E-state index in [0.717, 1.165) is 0 Å². The van der Waals surface area contributed by atoms with E-state index in [0.29, 0.717) is 35.2 Å². The molecule has 1 aliphatic rings. The molecule has 12 nitrogen and oxygen atoms in total. The van der Waals surface area contributed by atoms with E-state index in [-0.39, 0.29) is 5.82 Å². The Balaban J connectivity index is 1.56. The zero-order valence-electron chi connectivity index (χ0n) is 15.1. The van der Waals surface area contributed by atoms with Gasteiger partial charge in [-0.15, -0.1) is 0 Å². The summed E-state index contributed by atoms with van der Waals surface area (Å²) in [5, 5.41) is 34.7. The van der Waals surface area contributed by atoms with Crippen LogP contribution in [-0.2, 0) is 4.74 Å². The number of hydrogen-bond acceptors (Lipinski definition) is 10. The van der Waals surface area contributed by atoms with E-state index in [9.17, 15) is 10.2 Å². The van der Waals surface area contributed by atoms with Gasteiger partial charge in [-0.05, 0) is 0 Å². The van der Waals surface area contributed by atoms with Crippen LogP contribution < -0.4 is 16.4 Å². The molecule has 3 rings (SSSR count). The van der Waals surface area contributed by atoms with E-state index in [4.69, 9.17) is 15.7 Å². The number of hydrogen-bond donors (Lipinski definition) is 5. The summed E-state index contributed by atoms with van der Waals surface area (Å²) in [7, 11) is 1.57. The maximum absolute atomic E-state index is 10.4. The van der Waals surface area contributed by atoms with Gasteiger partial charge in [0, 0.05) is 25.1 Å². The molecule has 6 N–H and O–H groups in total. The van der Waals surface area contributed by atoms with Crippen LogP contribution in [-0.4, -0.2) is 79.1 Å². The first-order valence-electron chi connectivity index (χ1n) is 8.45. The normalized spacial score (nSPS) is 25.0. The van der Waals surface area contributed by atoms with Crippen molar-refractivity contribution in [3.05, 3.63) is 12.7 Å². The van der Waals surface area contributed by atoms with Crippen LogP contribution in [0.1, 0.15) is 6.23 Å². The third-order valence-corrected chi connectivity index (χ3v) is 5.27. The van der Waals surface area contributed by atoms with Crippen LogP contribution in [0.5, 0.6) is 0 Å². The van der Waals surface area contributed by atoms with Gasteiger partial charge in [-0.3, -0.25) is 14.9 Å². The van der Waals surface area contributed by atoms with Crippen LogP contribution in [0.15, 0.2) is 17.6 Å². The Hall–Kier alpha value is -2.66. The van der Waals surface area contributed by atoms with E-state index in [1.54, 1.807) is 17.8 Å². The minimum absolute atomic E-state index is 0.234. The molecule has 0 spiro atoms. The van der Waals surface area contributed by atoms with Gasteiger partial charge in [-0.2, -0.15) is 17.0 Å². The second-order valence-electron chi connectivity index (χ2n) is 5.94. The number of nitrogens with two attached hydrogens (primary N) is 1. The molecule has 0 aromatic carbocycles. The molecule has 13 heteroatoms. The number of nitrogens with zero attached hydrogens (tertiary/aromatic N) is 6. The number of nitriles is 1. The molecule has 0 saturated carbocycles. The Morgan fingerprint density at radius 1 is 1.43 bits per heavy atom. The average molecular weight is 407 g/mol. The third kappa shape index (κ3) is 4.09. The molecule has 2 aromatic heterocycles. The van der Waals surface area contributed by atoms with Crippen molar-refractivity contribution in [2.45, 2.75) is 24.5 Å². The SMILES string of the molecule is CN=C(NC#N)NCCSCC1OC(n2cnc3c(N)ncnc32)C(O)C1O. The summed E-state index contributed by atoms with van der Waals surface area (Å²) >= 11 is 1.54. The lowest BCUT2D eigenvalue weighted by Crippen LogP contribution is -2.36. The number of guanidine groups is 1. The van der Waals surface area contributed by atoms with Crippen molar-refractivity contribution in [2.24, 2.45) is 4.99 Å². The summed E-state index contributed by atoms with van der Waals surface area (Å²) < 4.78 is 7.41. The minimum atomic E-state index is -1.13. The van der Waals surface area contributed by atoms with Gasteiger partial charge in [0.05, 0.1) is 12.4 Å². The molecule has 28 heavy (non-hydrogen) atoms. The van der Waals surface area contributed by atoms with Crippen LogP contribution in [0, 0.1) is 11.5 Å². The van der Waals surface area contributed by atoms with Gasteiger partial charge < -0.3 is 26.0 Å². The molecule has 4 atom stereocenters. The van der Waals surface area contributed by atoms with E-state index in [2.05, 4.69) is 30.6 Å². The van der Waals surface area contributed by atoms with Gasteiger partial charge in [-0.1, -0.05) is 0 Å². The predicted molar refractivity (Wildman–Crippen MR) is 103 cm³/mol. The topological polar surface area (TPSA) is 180 Å². The number of rotatable bonds is 6. The number of thioether (sulfide) groups is 1. The maximum Gasteiger partial charge on any atom is 0.204 e. The smallest absolute Gasteiger partial charge is 0.204 e. The minimum Gasteiger partial charge on any atom is -0.387 e. The highest BCUT2D eigenvalue weighted by atomic mass is 32.2. The van der Waals surface area contributed by atoms with E-state index >= 15 is 0 Å². The molecule has 0 amide bonds. The first-order valence-corrected chi connectivity index (χ1v) is 9.60. The number of fused-ring (bicyclic) bond motifs is 1. The van der Waals surface area contributed by atoms with Gasteiger partial charge in [-0.25, -0.2) is 15.0 Å². The largest absolute Gasteiger partial charge is 0.387 e. The summed E-state index contributed by atoms with van der Waals surface area (Å²) in [6.07, 6.45) is 1.01. The molecule has 150 valence electrons. The Kier molecular flexibility index (Phi) is 6.47. The van der Waals surface area contributed by atoms with Crippen molar-refractivity contribution < 1.29 is 14.9 Å². The monoisotopic (exact) mass is 407 g/mol. The van der Waals surface area contributed by atoms with E-state index < -0.39 is 24.5 Å². The highest BCUT2D eigenvalue weighted by molar-refractivity contribution is 7.99. The lowest BCUT2D eigenvalue weighted by Gasteiger charge is -2.16. The number of aliphatic hydroxyl groups excluding tert-OH is 2. The first kappa shape index (κ1) is 20.1. The number of aliphatic hydroxyl groups is 2. The van der Waals surface area contributed by atoms with Crippen molar-refractivity contribution in [3.8, 4) is 6.19 Å². The van der Waals surface area contributed by atoms with Crippen LogP contribution in [0.4, 0.5) is 5.82 Å². The summed E-state index contributed by atoms with van der Waals surface area (Å²) in [5.74, 6) is 1.79. The number of nitrogen functional groups attached to an aromatic ring is 1. The third-order valence-electron chi connectivity index (χ3n) is 4.22. The fraction of sp³-hybridized carbons (Fsp3) is 0.533. The Morgan fingerprint density at radius 3 is 3.00 bits per heavy atom. The standard InChI is InChI=1S/C15H21N9O3S/c1-18-15(20-5-16)19-2-3-28-4-8-10(25)11(26)14(27-8)24-7-23-9-12(17)21-6-22-13(9)24/h6-8,10-11,14,25-26H,2-4H2,1H3,(H2,17,21,22)(H2,18,19,20). The fourth-order valence-corrected chi connectivity index (χ4v) is 3.75. The molecular weight excluding hydrogens is 386 g/mol. The van der Waals surface area contributed by atoms with Gasteiger partial charge in [0.15, 0.2) is 23.9 Å². The molecule has 1 saturated heterocycles. The molecule has 3 heterocycles. The Morgan fingerprint density at radius 2 is 2.25 bits per heavy atom. The Bertz CT molecular complexity index is 883. The van der Waals surface area contributed by atoms with Gasteiger partial charge >= 0.3 is 0 Å². The molecule has 1 aliphatic heterocycles. The number of imidazole rings is 1. The fourth-order valence-electron chi connectivity index (χ4n) is 2.83. The molecular formula is C15H21N9O3S.